The van der Waals surface area contributed by atoms with Crippen molar-refractivity contribution in [3.8, 4) is 0 Å². The second kappa shape index (κ2) is 5.31. The van der Waals surface area contributed by atoms with Gasteiger partial charge in [0.2, 0.25) is 0 Å². The Balaban J connectivity index is 3.37. The summed E-state index contributed by atoms with van der Waals surface area (Å²) in [7, 11) is 1.54. The lowest BCUT2D eigenvalue weighted by molar-refractivity contribution is -0.143. The van der Waals surface area contributed by atoms with Gasteiger partial charge >= 0.3 is 5.97 Å². The zero-order valence-electron chi connectivity index (χ0n) is 5.68. The molecule has 0 radical (unpaired) electrons. The Bertz CT molecular complexity index is 110. The zero-order valence-corrected chi connectivity index (χ0v) is 5.68. The maximum absolute atomic E-state index is 10.4. The Morgan fingerprint density at radius 3 is 2.89 bits per heavy atom. The van der Waals surface area contributed by atoms with Crippen molar-refractivity contribution in [3.05, 3.63) is 12.2 Å². The summed E-state index contributed by atoms with van der Waals surface area (Å²) in [5.74, 6) is -0.362. The Kier molecular flexibility index (Phi) is 4.82. The number of allylic oxidation sites excluding steroid dienone is 1. The number of hydroxylamine groups is 1. The molecule has 0 unspecified atom stereocenters. The smallest absolute Gasteiger partial charge is 0.349 e. The van der Waals surface area contributed by atoms with Crippen LogP contribution in [0.4, 0.5) is 0 Å². The average molecular weight is 129 g/mol. The summed E-state index contributed by atoms with van der Waals surface area (Å²) < 4.78 is 0. The van der Waals surface area contributed by atoms with Crippen molar-refractivity contribution in [2.75, 3.05) is 7.05 Å². The summed E-state index contributed by atoms with van der Waals surface area (Å²) in [5, 5.41) is 0. The van der Waals surface area contributed by atoms with E-state index >= 15 is 0 Å². The molecular formula is C6H11NO2. The van der Waals surface area contributed by atoms with Gasteiger partial charge in [0, 0.05) is 13.1 Å². The van der Waals surface area contributed by atoms with E-state index in [9.17, 15) is 4.79 Å². The van der Waals surface area contributed by atoms with Gasteiger partial charge in [0.1, 0.15) is 0 Å². The SMILES string of the molecule is CCC=CC(=O)ONC. The molecule has 0 rings (SSSR count). The zero-order chi connectivity index (χ0) is 7.11. The van der Waals surface area contributed by atoms with Crippen molar-refractivity contribution >= 4 is 5.97 Å². The maximum Gasteiger partial charge on any atom is 0.349 e. The molecule has 0 spiro atoms. The van der Waals surface area contributed by atoms with Crippen molar-refractivity contribution < 1.29 is 9.63 Å². The molecule has 3 nitrogen and oxygen atoms in total. The molecule has 0 aliphatic heterocycles. The molecular weight excluding hydrogens is 118 g/mol. The Morgan fingerprint density at radius 2 is 2.44 bits per heavy atom. The Hall–Kier alpha value is -0.830. The third kappa shape index (κ3) is 5.03. The first-order valence-electron chi connectivity index (χ1n) is 2.85. The van der Waals surface area contributed by atoms with Crippen molar-refractivity contribution in [2.24, 2.45) is 0 Å². The van der Waals surface area contributed by atoms with Gasteiger partial charge in [0.25, 0.3) is 0 Å². The predicted molar refractivity (Wildman–Crippen MR) is 34.6 cm³/mol. The summed E-state index contributed by atoms with van der Waals surface area (Å²) in [6.45, 7) is 1.95. The van der Waals surface area contributed by atoms with E-state index in [1.165, 1.54) is 13.1 Å². The molecule has 9 heavy (non-hydrogen) atoms. The van der Waals surface area contributed by atoms with Gasteiger partial charge in [-0.2, -0.15) is 5.48 Å². The fourth-order valence-corrected chi connectivity index (χ4v) is 0.349. The first kappa shape index (κ1) is 8.17. The van der Waals surface area contributed by atoms with Crippen LogP contribution in [0.25, 0.3) is 0 Å². The molecule has 0 heterocycles. The van der Waals surface area contributed by atoms with Crippen LogP contribution >= 0.6 is 0 Å². The van der Waals surface area contributed by atoms with Crippen LogP contribution in [-0.4, -0.2) is 13.0 Å². The quantitative estimate of drug-likeness (QED) is 0.448. The minimum absolute atomic E-state index is 0.362. The summed E-state index contributed by atoms with van der Waals surface area (Å²) in [4.78, 5) is 14.8. The molecule has 1 N–H and O–H groups in total. The van der Waals surface area contributed by atoms with Crippen LogP contribution < -0.4 is 5.48 Å². The first-order valence-corrected chi connectivity index (χ1v) is 2.85. The predicted octanol–water partition coefficient (Wildman–Crippen LogP) is 0.630. The molecule has 0 fully saturated rings. The van der Waals surface area contributed by atoms with Gasteiger partial charge < -0.3 is 4.84 Å². The lowest BCUT2D eigenvalue weighted by Crippen LogP contribution is -2.12. The van der Waals surface area contributed by atoms with Gasteiger partial charge in [-0.05, 0) is 6.42 Å². The van der Waals surface area contributed by atoms with Crippen molar-refractivity contribution in [2.45, 2.75) is 13.3 Å². The molecule has 0 aromatic rings. The molecule has 52 valence electrons. The number of rotatable bonds is 3. The van der Waals surface area contributed by atoms with Gasteiger partial charge in [-0.1, -0.05) is 13.0 Å². The van der Waals surface area contributed by atoms with Crippen LogP contribution in [0.15, 0.2) is 12.2 Å². The fourth-order valence-electron chi connectivity index (χ4n) is 0.349. The van der Waals surface area contributed by atoms with Gasteiger partial charge in [-0.15, -0.1) is 0 Å². The van der Waals surface area contributed by atoms with E-state index < -0.39 is 0 Å². The van der Waals surface area contributed by atoms with E-state index in [2.05, 4.69) is 10.3 Å². The minimum atomic E-state index is -0.362. The van der Waals surface area contributed by atoms with Crippen LogP contribution in [0.1, 0.15) is 13.3 Å². The van der Waals surface area contributed by atoms with E-state index in [-0.39, 0.29) is 5.97 Å². The second-order valence-corrected chi connectivity index (χ2v) is 1.44. The van der Waals surface area contributed by atoms with E-state index in [4.69, 9.17) is 0 Å². The van der Waals surface area contributed by atoms with E-state index in [1.54, 1.807) is 6.08 Å². The monoisotopic (exact) mass is 129 g/mol. The number of nitrogens with one attached hydrogen (secondary N) is 1. The molecule has 0 aliphatic carbocycles. The molecule has 0 saturated heterocycles. The van der Waals surface area contributed by atoms with Crippen LogP contribution in [0.3, 0.4) is 0 Å². The highest BCUT2D eigenvalue weighted by molar-refractivity contribution is 5.81. The van der Waals surface area contributed by atoms with Gasteiger partial charge in [-0.25, -0.2) is 4.79 Å². The fraction of sp³-hybridized carbons (Fsp3) is 0.500. The molecule has 0 aromatic carbocycles. The third-order valence-electron chi connectivity index (χ3n) is 0.692. The second-order valence-electron chi connectivity index (χ2n) is 1.44. The normalized spacial score (nSPS) is 10.0. The summed E-state index contributed by atoms with van der Waals surface area (Å²) in [5.41, 5.74) is 2.28. The summed E-state index contributed by atoms with van der Waals surface area (Å²) in [6, 6.07) is 0. The standard InChI is InChI=1S/C6H11NO2/c1-3-4-5-6(8)9-7-2/h4-5,7H,3H2,1-2H3. The number of hydrogen-bond donors (Lipinski definition) is 1. The summed E-state index contributed by atoms with van der Waals surface area (Å²) in [6.07, 6.45) is 3.97. The highest BCUT2D eigenvalue weighted by Crippen LogP contribution is 1.80. The van der Waals surface area contributed by atoms with Crippen LogP contribution in [0.2, 0.25) is 0 Å². The molecule has 0 aromatic heterocycles. The topological polar surface area (TPSA) is 38.3 Å². The highest BCUT2D eigenvalue weighted by atomic mass is 16.7. The molecule has 0 aliphatic rings. The van der Waals surface area contributed by atoms with E-state index in [1.807, 2.05) is 6.92 Å². The van der Waals surface area contributed by atoms with Crippen LogP contribution in [0.5, 0.6) is 0 Å². The lowest BCUT2D eigenvalue weighted by atomic mass is 10.4. The summed E-state index contributed by atoms with van der Waals surface area (Å²) >= 11 is 0. The minimum Gasteiger partial charge on any atom is -0.367 e. The highest BCUT2D eigenvalue weighted by Gasteiger charge is 1.89. The molecule has 0 bridgehead atoms. The van der Waals surface area contributed by atoms with Gasteiger partial charge in [0.15, 0.2) is 0 Å². The van der Waals surface area contributed by atoms with Crippen LogP contribution in [-0.2, 0) is 9.63 Å². The van der Waals surface area contributed by atoms with Gasteiger partial charge in [-0.3, -0.25) is 0 Å². The third-order valence-corrected chi connectivity index (χ3v) is 0.692. The first-order chi connectivity index (χ1) is 4.31. The molecule has 0 atom stereocenters. The van der Waals surface area contributed by atoms with Crippen LogP contribution in [0, 0.1) is 0 Å². The van der Waals surface area contributed by atoms with Crippen molar-refractivity contribution in [3.63, 3.8) is 0 Å². The number of carbonyl (C=O) groups excluding carboxylic acids is 1. The number of carbonyl (C=O) groups is 1. The number of hydrogen-bond acceptors (Lipinski definition) is 3. The Labute approximate surface area is 54.7 Å². The van der Waals surface area contributed by atoms with E-state index in [0.717, 1.165) is 6.42 Å². The molecule has 0 amide bonds. The van der Waals surface area contributed by atoms with Crippen molar-refractivity contribution in [1.29, 1.82) is 0 Å². The molecule has 3 heteroatoms. The maximum atomic E-state index is 10.4. The average Bonchev–Trinajstić information content (AvgIpc) is 1.85. The van der Waals surface area contributed by atoms with Gasteiger partial charge in [0.05, 0.1) is 0 Å². The Morgan fingerprint density at radius 1 is 1.78 bits per heavy atom. The van der Waals surface area contributed by atoms with Crippen molar-refractivity contribution in [1.82, 2.24) is 5.48 Å². The van der Waals surface area contributed by atoms with E-state index in [0.29, 0.717) is 0 Å². The molecule has 0 saturated carbocycles. The lowest BCUT2D eigenvalue weighted by Gasteiger charge is -1.93. The largest absolute Gasteiger partial charge is 0.367 e.